The molecule has 0 aliphatic heterocycles. The molecular formula is C20H20ClFN6O2. The number of carbonyl (C=O) groups is 2. The second kappa shape index (κ2) is 8.27. The molecule has 0 atom stereocenters. The molecule has 0 bridgehead atoms. The topological polar surface area (TPSA) is 114 Å². The van der Waals surface area contributed by atoms with Gasteiger partial charge in [-0.1, -0.05) is 11.6 Å². The summed E-state index contributed by atoms with van der Waals surface area (Å²) in [5.41, 5.74) is 6.93. The Kier molecular flexibility index (Phi) is 5.54. The maximum absolute atomic E-state index is 13.2. The molecule has 3 aromatic rings. The molecular weight excluding hydrogens is 411 g/mol. The summed E-state index contributed by atoms with van der Waals surface area (Å²) in [4.78, 5) is 29.4. The molecule has 0 radical (unpaired) electrons. The summed E-state index contributed by atoms with van der Waals surface area (Å²) in [6.07, 6.45) is 5.76. The highest BCUT2D eigenvalue weighted by atomic mass is 35.5. The van der Waals surface area contributed by atoms with Crippen LogP contribution >= 0.6 is 11.6 Å². The number of carbonyl (C=O) groups excluding carboxylic acids is 2. The van der Waals surface area contributed by atoms with E-state index in [1.54, 1.807) is 18.5 Å². The standard InChI is InChI=1S/C20H20ClFN6O2/c21-14-10-12(22)4-7-15(14)26-19(29)11-2-5-13(6-3-11)25-20(30)16-17(23)27-28-9-1-8-24-18(16)28/h1,4,7-11,13H,2-3,5-6H2,(H2,23,27)(H,25,30)(H,26,29). The number of anilines is 2. The van der Waals surface area contributed by atoms with E-state index in [9.17, 15) is 14.0 Å². The molecule has 10 heteroatoms. The number of fused-ring (bicyclic) bond motifs is 1. The first-order chi connectivity index (χ1) is 14.4. The van der Waals surface area contributed by atoms with Gasteiger partial charge in [0, 0.05) is 24.4 Å². The van der Waals surface area contributed by atoms with Crippen molar-refractivity contribution in [3.63, 3.8) is 0 Å². The average Bonchev–Trinajstić information content (AvgIpc) is 3.06. The van der Waals surface area contributed by atoms with E-state index in [2.05, 4.69) is 20.7 Å². The third-order valence-electron chi connectivity index (χ3n) is 5.27. The molecule has 1 aliphatic rings. The van der Waals surface area contributed by atoms with Crippen molar-refractivity contribution >= 4 is 40.6 Å². The van der Waals surface area contributed by atoms with Crippen LogP contribution in [0.1, 0.15) is 36.0 Å². The summed E-state index contributed by atoms with van der Waals surface area (Å²) < 4.78 is 14.6. The van der Waals surface area contributed by atoms with Crippen molar-refractivity contribution in [3.05, 3.63) is 53.1 Å². The van der Waals surface area contributed by atoms with Crippen molar-refractivity contribution < 1.29 is 14.0 Å². The Hall–Kier alpha value is -3.20. The number of amides is 2. The van der Waals surface area contributed by atoms with Crippen molar-refractivity contribution in [2.24, 2.45) is 5.92 Å². The lowest BCUT2D eigenvalue weighted by Gasteiger charge is -2.28. The second-order valence-electron chi connectivity index (χ2n) is 7.28. The average molecular weight is 431 g/mol. The Morgan fingerprint density at radius 3 is 2.73 bits per heavy atom. The number of nitrogen functional groups attached to an aromatic ring is 1. The smallest absolute Gasteiger partial charge is 0.259 e. The quantitative estimate of drug-likeness (QED) is 0.588. The van der Waals surface area contributed by atoms with Gasteiger partial charge in [-0.2, -0.15) is 0 Å². The van der Waals surface area contributed by atoms with Crippen molar-refractivity contribution in [2.45, 2.75) is 31.7 Å². The van der Waals surface area contributed by atoms with E-state index >= 15 is 0 Å². The molecule has 8 nitrogen and oxygen atoms in total. The number of hydrogen-bond donors (Lipinski definition) is 3. The van der Waals surface area contributed by atoms with E-state index in [1.165, 1.54) is 16.6 Å². The first kappa shape index (κ1) is 20.1. The van der Waals surface area contributed by atoms with Gasteiger partial charge in [0.15, 0.2) is 11.5 Å². The lowest BCUT2D eigenvalue weighted by molar-refractivity contribution is -0.120. The van der Waals surface area contributed by atoms with Crippen molar-refractivity contribution in [1.29, 1.82) is 0 Å². The van der Waals surface area contributed by atoms with E-state index in [4.69, 9.17) is 17.3 Å². The molecule has 156 valence electrons. The van der Waals surface area contributed by atoms with Crippen LogP contribution in [0.3, 0.4) is 0 Å². The molecule has 2 heterocycles. The molecule has 4 rings (SSSR count). The maximum Gasteiger partial charge on any atom is 0.259 e. The van der Waals surface area contributed by atoms with Gasteiger partial charge in [0.25, 0.3) is 5.91 Å². The van der Waals surface area contributed by atoms with Crippen LogP contribution in [0, 0.1) is 11.7 Å². The molecule has 30 heavy (non-hydrogen) atoms. The van der Waals surface area contributed by atoms with Crippen LogP contribution in [-0.4, -0.2) is 32.5 Å². The van der Waals surface area contributed by atoms with Gasteiger partial charge in [0.05, 0.1) is 10.7 Å². The zero-order chi connectivity index (χ0) is 21.3. The van der Waals surface area contributed by atoms with Crippen LogP contribution < -0.4 is 16.4 Å². The minimum Gasteiger partial charge on any atom is -0.381 e. The highest BCUT2D eigenvalue weighted by molar-refractivity contribution is 6.33. The van der Waals surface area contributed by atoms with E-state index in [-0.39, 0.29) is 40.2 Å². The molecule has 0 unspecified atom stereocenters. The van der Waals surface area contributed by atoms with E-state index in [1.807, 2.05) is 0 Å². The Labute approximate surface area is 176 Å². The van der Waals surface area contributed by atoms with E-state index < -0.39 is 5.82 Å². The van der Waals surface area contributed by atoms with E-state index in [0.29, 0.717) is 37.0 Å². The van der Waals surface area contributed by atoms with Gasteiger partial charge in [0.1, 0.15) is 11.4 Å². The van der Waals surface area contributed by atoms with Gasteiger partial charge in [0.2, 0.25) is 5.91 Å². The van der Waals surface area contributed by atoms with Crippen LogP contribution in [0.2, 0.25) is 5.02 Å². The van der Waals surface area contributed by atoms with Crippen molar-refractivity contribution in [1.82, 2.24) is 19.9 Å². The highest BCUT2D eigenvalue weighted by Crippen LogP contribution is 2.28. The monoisotopic (exact) mass is 430 g/mol. The van der Waals surface area contributed by atoms with Gasteiger partial charge in [-0.3, -0.25) is 9.59 Å². The number of halogens is 2. The van der Waals surface area contributed by atoms with E-state index in [0.717, 1.165) is 6.07 Å². The number of nitrogens with zero attached hydrogens (tertiary/aromatic N) is 3. The van der Waals surface area contributed by atoms with Crippen LogP contribution in [0.15, 0.2) is 36.7 Å². The first-order valence-corrected chi connectivity index (χ1v) is 9.96. The third kappa shape index (κ3) is 4.06. The fourth-order valence-corrected chi connectivity index (χ4v) is 3.92. The van der Waals surface area contributed by atoms with Gasteiger partial charge in [-0.15, -0.1) is 5.10 Å². The Morgan fingerprint density at radius 2 is 2.00 bits per heavy atom. The number of benzene rings is 1. The lowest BCUT2D eigenvalue weighted by atomic mass is 9.85. The summed E-state index contributed by atoms with van der Waals surface area (Å²) in [6.45, 7) is 0. The van der Waals surface area contributed by atoms with Crippen LogP contribution in [0.25, 0.3) is 5.65 Å². The summed E-state index contributed by atoms with van der Waals surface area (Å²) in [5, 5.41) is 9.98. The molecule has 0 spiro atoms. The minimum absolute atomic E-state index is 0.0750. The van der Waals surface area contributed by atoms with Crippen LogP contribution in [-0.2, 0) is 4.79 Å². The summed E-state index contributed by atoms with van der Waals surface area (Å²) in [5.74, 6) is -1.04. The molecule has 1 aliphatic carbocycles. The van der Waals surface area contributed by atoms with Gasteiger partial charge >= 0.3 is 0 Å². The summed E-state index contributed by atoms with van der Waals surface area (Å²) in [7, 11) is 0. The first-order valence-electron chi connectivity index (χ1n) is 9.58. The zero-order valence-electron chi connectivity index (χ0n) is 15.9. The molecule has 0 saturated heterocycles. The summed E-state index contributed by atoms with van der Waals surface area (Å²) >= 11 is 5.97. The molecule has 4 N–H and O–H groups in total. The fraction of sp³-hybridized carbons (Fsp3) is 0.300. The molecule has 2 aromatic heterocycles. The van der Waals surface area contributed by atoms with Gasteiger partial charge in [-0.25, -0.2) is 13.9 Å². The number of aromatic nitrogens is 3. The number of nitrogens with one attached hydrogen (secondary N) is 2. The predicted molar refractivity (Wildman–Crippen MR) is 111 cm³/mol. The minimum atomic E-state index is -0.462. The second-order valence-corrected chi connectivity index (χ2v) is 7.69. The molecule has 1 aromatic carbocycles. The third-order valence-corrected chi connectivity index (χ3v) is 5.58. The normalized spacial score (nSPS) is 18.9. The Bertz CT molecular complexity index is 1110. The van der Waals surface area contributed by atoms with Gasteiger partial charge < -0.3 is 16.4 Å². The zero-order valence-corrected chi connectivity index (χ0v) is 16.7. The fourth-order valence-electron chi connectivity index (χ4n) is 3.70. The van der Waals surface area contributed by atoms with Gasteiger partial charge in [-0.05, 0) is 49.9 Å². The largest absolute Gasteiger partial charge is 0.381 e. The summed E-state index contributed by atoms with van der Waals surface area (Å²) in [6, 6.07) is 5.47. The highest BCUT2D eigenvalue weighted by Gasteiger charge is 2.29. The number of hydrogen-bond acceptors (Lipinski definition) is 5. The molecule has 1 saturated carbocycles. The lowest BCUT2D eigenvalue weighted by Crippen LogP contribution is -2.39. The molecule has 2 amide bonds. The Balaban J connectivity index is 1.34. The SMILES string of the molecule is Nc1nn2cccnc2c1C(=O)NC1CCC(C(=O)Nc2ccc(F)cc2Cl)CC1. The number of nitrogens with two attached hydrogens (primary N) is 1. The molecule has 1 fully saturated rings. The maximum atomic E-state index is 13.2. The van der Waals surface area contributed by atoms with Crippen LogP contribution in [0.4, 0.5) is 15.9 Å². The number of rotatable bonds is 4. The van der Waals surface area contributed by atoms with Crippen molar-refractivity contribution in [3.8, 4) is 0 Å². The Morgan fingerprint density at radius 1 is 1.23 bits per heavy atom. The predicted octanol–water partition coefficient (Wildman–Crippen LogP) is 3.03. The van der Waals surface area contributed by atoms with Crippen molar-refractivity contribution in [2.75, 3.05) is 11.1 Å². The van der Waals surface area contributed by atoms with Crippen LogP contribution in [0.5, 0.6) is 0 Å².